The quantitative estimate of drug-likeness (QED) is 0.419. The number of benzene rings is 1. The maximum absolute atomic E-state index is 11.9. The molecule has 1 aromatic rings. The Balaban J connectivity index is 2.30. The molecule has 0 aromatic heterocycles. The molecule has 1 aromatic carbocycles. The van der Waals surface area contributed by atoms with Crippen molar-refractivity contribution in [3.8, 4) is 0 Å². The smallest absolute Gasteiger partial charge is 0.162 e. The first-order valence-corrected chi connectivity index (χ1v) is 7.80. The summed E-state index contributed by atoms with van der Waals surface area (Å²) >= 11 is 9.24. The van der Waals surface area contributed by atoms with E-state index in [2.05, 4.69) is 22.9 Å². The van der Waals surface area contributed by atoms with E-state index >= 15 is 0 Å². The minimum atomic E-state index is 0.211. The number of Topliss-reactive ketones (excluding diaryl/α,β-unsaturated/α-hetero) is 1. The Morgan fingerprint density at radius 1 is 1.17 bits per heavy atom. The van der Waals surface area contributed by atoms with Crippen LogP contribution in [0.4, 0.5) is 0 Å². The van der Waals surface area contributed by atoms with Crippen LogP contribution in [0.25, 0.3) is 0 Å². The summed E-state index contributed by atoms with van der Waals surface area (Å²) in [6, 6.07) is 5.37. The third kappa shape index (κ3) is 5.53. The van der Waals surface area contributed by atoms with E-state index in [0.717, 1.165) is 22.9 Å². The first-order chi connectivity index (χ1) is 8.65. The molecule has 18 heavy (non-hydrogen) atoms. The number of halogens is 2. The fraction of sp³-hybridized carbons (Fsp3) is 0.533. The van der Waals surface area contributed by atoms with Crippen LogP contribution >= 0.6 is 27.5 Å². The summed E-state index contributed by atoms with van der Waals surface area (Å²) < 4.78 is 0.790. The lowest BCUT2D eigenvalue weighted by Gasteiger charge is -2.03. The highest BCUT2D eigenvalue weighted by Crippen LogP contribution is 2.24. The van der Waals surface area contributed by atoms with Crippen molar-refractivity contribution in [1.29, 1.82) is 0 Å². The zero-order chi connectivity index (χ0) is 13.4. The number of carbonyl (C=O) groups excluding carboxylic acids is 1. The van der Waals surface area contributed by atoms with Crippen molar-refractivity contribution < 1.29 is 4.79 Å². The first-order valence-electron chi connectivity index (χ1n) is 6.63. The maximum Gasteiger partial charge on any atom is 0.162 e. The molecule has 0 radical (unpaired) electrons. The molecule has 1 rings (SSSR count). The summed E-state index contributed by atoms with van der Waals surface area (Å²) in [5.41, 5.74) is 0.750. The Kier molecular flexibility index (Phi) is 7.60. The zero-order valence-electron chi connectivity index (χ0n) is 10.8. The summed E-state index contributed by atoms with van der Waals surface area (Å²) in [4.78, 5) is 11.9. The Bertz CT molecular complexity index is 390. The van der Waals surface area contributed by atoms with E-state index < -0.39 is 0 Å². The number of unbranched alkanes of at least 4 members (excludes halogenated alkanes) is 5. The normalized spacial score (nSPS) is 10.6. The van der Waals surface area contributed by atoms with Gasteiger partial charge in [0, 0.05) is 16.5 Å². The lowest BCUT2D eigenvalue weighted by molar-refractivity contribution is 0.0979. The van der Waals surface area contributed by atoms with E-state index in [1.54, 1.807) is 12.1 Å². The van der Waals surface area contributed by atoms with Crippen LogP contribution in [-0.2, 0) is 0 Å². The SMILES string of the molecule is CCCCCCCCC(=O)c1ccc(Cl)c(Br)c1. The van der Waals surface area contributed by atoms with Crippen LogP contribution in [-0.4, -0.2) is 5.78 Å². The van der Waals surface area contributed by atoms with Gasteiger partial charge in [0.05, 0.1) is 5.02 Å². The summed E-state index contributed by atoms with van der Waals surface area (Å²) in [5, 5.41) is 0.645. The van der Waals surface area contributed by atoms with Gasteiger partial charge in [0.2, 0.25) is 0 Å². The molecule has 1 nitrogen and oxygen atoms in total. The first kappa shape index (κ1) is 15.7. The topological polar surface area (TPSA) is 17.1 Å². The van der Waals surface area contributed by atoms with Crippen molar-refractivity contribution >= 4 is 33.3 Å². The number of ketones is 1. The number of hydrogen-bond acceptors (Lipinski definition) is 1. The Hall–Kier alpha value is -0.340. The van der Waals surface area contributed by atoms with Crippen LogP contribution in [0.2, 0.25) is 5.02 Å². The van der Waals surface area contributed by atoms with Crippen molar-refractivity contribution in [2.75, 3.05) is 0 Å². The molecular weight excluding hydrogens is 312 g/mol. The van der Waals surface area contributed by atoms with Gasteiger partial charge in [0.25, 0.3) is 0 Å². The summed E-state index contributed by atoms with van der Waals surface area (Å²) in [7, 11) is 0. The highest BCUT2D eigenvalue weighted by Gasteiger charge is 2.07. The zero-order valence-corrected chi connectivity index (χ0v) is 13.2. The van der Waals surface area contributed by atoms with Crippen molar-refractivity contribution in [2.45, 2.75) is 51.9 Å². The van der Waals surface area contributed by atoms with E-state index in [4.69, 9.17) is 11.6 Å². The lowest BCUT2D eigenvalue weighted by Crippen LogP contribution is -1.98. The molecule has 0 unspecified atom stereocenters. The molecule has 3 heteroatoms. The van der Waals surface area contributed by atoms with Crippen LogP contribution in [0.3, 0.4) is 0 Å². The molecule has 0 atom stereocenters. The monoisotopic (exact) mass is 330 g/mol. The molecule has 0 heterocycles. The number of hydrogen-bond donors (Lipinski definition) is 0. The van der Waals surface area contributed by atoms with E-state index in [0.29, 0.717) is 11.4 Å². The average Bonchev–Trinajstić information content (AvgIpc) is 2.36. The van der Waals surface area contributed by atoms with Crippen LogP contribution in [0.1, 0.15) is 62.2 Å². The van der Waals surface area contributed by atoms with Gasteiger partial charge in [0.15, 0.2) is 5.78 Å². The molecule has 0 amide bonds. The van der Waals surface area contributed by atoms with E-state index in [1.165, 1.54) is 25.7 Å². The molecule has 100 valence electrons. The van der Waals surface area contributed by atoms with Gasteiger partial charge in [0.1, 0.15) is 0 Å². The second kappa shape index (κ2) is 8.71. The van der Waals surface area contributed by atoms with Gasteiger partial charge in [-0.1, -0.05) is 50.6 Å². The van der Waals surface area contributed by atoms with Gasteiger partial charge in [-0.25, -0.2) is 0 Å². The molecule has 0 saturated heterocycles. The largest absolute Gasteiger partial charge is 0.294 e. The molecule has 0 aliphatic carbocycles. The molecule has 0 saturated carbocycles. The van der Waals surface area contributed by atoms with Crippen LogP contribution in [0.15, 0.2) is 22.7 Å². The van der Waals surface area contributed by atoms with Crippen LogP contribution in [0, 0.1) is 0 Å². The molecule has 0 aliphatic rings. The van der Waals surface area contributed by atoms with Crippen LogP contribution < -0.4 is 0 Å². The average molecular weight is 332 g/mol. The minimum Gasteiger partial charge on any atom is -0.294 e. The lowest BCUT2D eigenvalue weighted by atomic mass is 10.0. The van der Waals surface area contributed by atoms with E-state index in [9.17, 15) is 4.79 Å². The van der Waals surface area contributed by atoms with Crippen molar-refractivity contribution in [3.63, 3.8) is 0 Å². The van der Waals surface area contributed by atoms with E-state index in [-0.39, 0.29) is 5.78 Å². The van der Waals surface area contributed by atoms with Crippen molar-refractivity contribution in [2.24, 2.45) is 0 Å². The third-order valence-electron chi connectivity index (χ3n) is 3.00. The number of carbonyl (C=O) groups is 1. The van der Waals surface area contributed by atoms with E-state index in [1.807, 2.05) is 6.07 Å². The van der Waals surface area contributed by atoms with Gasteiger partial charge < -0.3 is 0 Å². The molecule has 0 aliphatic heterocycles. The predicted octanol–water partition coefficient (Wildman–Crippen LogP) is 6.04. The van der Waals surface area contributed by atoms with Gasteiger partial charge in [-0.05, 0) is 40.5 Å². The summed E-state index contributed by atoms with van der Waals surface area (Å²) in [5.74, 6) is 0.211. The van der Waals surface area contributed by atoms with Gasteiger partial charge >= 0.3 is 0 Å². The van der Waals surface area contributed by atoms with Gasteiger partial charge in [-0.3, -0.25) is 4.79 Å². The molecule has 0 fully saturated rings. The Morgan fingerprint density at radius 3 is 2.50 bits per heavy atom. The highest BCUT2D eigenvalue weighted by molar-refractivity contribution is 9.10. The van der Waals surface area contributed by atoms with Gasteiger partial charge in [-0.15, -0.1) is 0 Å². The Labute approximate surface area is 123 Å². The summed E-state index contributed by atoms with van der Waals surface area (Å²) in [6.45, 7) is 2.21. The molecule has 0 N–H and O–H groups in total. The van der Waals surface area contributed by atoms with Crippen molar-refractivity contribution in [1.82, 2.24) is 0 Å². The van der Waals surface area contributed by atoms with Crippen LogP contribution in [0.5, 0.6) is 0 Å². The second-order valence-corrected chi connectivity index (χ2v) is 5.83. The molecular formula is C15H20BrClO. The minimum absolute atomic E-state index is 0.211. The number of rotatable bonds is 8. The fourth-order valence-corrected chi connectivity index (χ4v) is 2.38. The standard InChI is InChI=1S/C15H20BrClO/c1-2-3-4-5-6-7-8-15(18)12-9-10-14(17)13(16)11-12/h9-11H,2-8H2,1H3. The molecule has 0 bridgehead atoms. The third-order valence-corrected chi connectivity index (χ3v) is 4.21. The molecule has 0 spiro atoms. The van der Waals surface area contributed by atoms with Crippen molar-refractivity contribution in [3.05, 3.63) is 33.3 Å². The predicted molar refractivity (Wildman–Crippen MR) is 81.5 cm³/mol. The fourth-order valence-electron chi connectivity index (χ4n) is 1.88. The summed E-state index contributed by atoms with van der Waals surface area (Å²) in [6.07, 6.45) is 7.88. The van der Waals surface area contributed by atoms with Gasteiger partial charge in [-0.2, -0.15) is 0 Å². The second-order valence-electron chi connectivity index (χ2n) is 4.57. The maximum atomic E-state index is 11.9. The highest BCUT2D eigenvalue weighted by atomic mass is 79.9. The Morgan fingerprint density at radius 2 is 1.83 bits per heavy atom.